The van der Waals surface area contributed by atoms with E-state index in [-0.39, 0.29) is 17.8 Å². The van der Waals surface area contributed by atoms with Crippen LogP contribution >= 0.6 is 11.6 Å². The molecule has 3 unspecified atom stereocenters. The summed E-state index contributed by atoms with van der Waals surface area (Å²) in [5.41, 5.74) is -1.73. The highest BCUT2D eigenvalue weighted by Gasteiger charge is 2.48. The molecule has 4 rings (SSSR count). The van der Waals surface area contributed by atoms with Crippen LogP contribution in [0.15, 0.2) is 60.0 Å². The van der Waals surface area contributed by atoms with E-state index in [1.54, 1.807) is 12.1 Å². The number of oxazole rings is 1. The van der Waals surface area contributed by atoms with Crippen LogP contribution in [-0.4, -0.2) is 56.8 Å². The smallest absolute Gasteiger partial charge is 0.326 e. The first-order valence-corrected chi connectivity index (χ1v) is 10.9. The summed E-state index contributed by atoms with van der Waals surface area (Å²) in [6.45, 7) is -0.364. The summed E-state index contributed by atoms with van der Waals surface area (Å²) in [4.78, 5) is 49.9. The van der Waals surface area contributed by atoms with E-state index in [0.29, 0.717) is 11.3 Å². The molecule has 14 heteroatoms. The number of halogens is 4. The summed E-state index contributed by atoms with van der Waals surface area (Å²) in [5, 5.41) is 4.53. The van der Waals surface area contributed by atoms with E-state index in [9.17, 15) is 27.6 Å². The number of aromatic nitrogens is 3. The Morgan fingerprint density at radius 1 is 1.19 bits per heavy atom. The average molecular weight is 523 g/mol. The first-order chi connectivity index (χ1) is 17.2. The van der Waals surface area contributed by atoms with Gasteiger partial charge < -0.3 is 15.1 Å². The minimum Gasteiger partial charge on any atom is -0.444 e. The summed E-state index contributed by atoms with van der Waals surface area (Å²) < 4.78 is 46.4. The fourth-order valence-corrected chi connectivity index (χ4v) is 3.82. The van der Waals surface area contributed by atoms with Gasteiger partial charge in [0.15, 0.2) is 12.2 Å². The fraction of sp³-hybridized carbons (Fsp3) is 0.273. The van der Waals surface area contributed by atoms with Gasteiger partial charge >= 0.3 is 5.92 Å². The van der Waals surface area contributed by atoms with Crippen molar-refractivity contribution in [3.8, 4) is 11.3 Å². The molecule has 0 radical (unpaired) electrons. The maximum atomic E-state index is 14.1. The highest BCUT2D eigenvalue weighted by atomic mass is 35.5. The first kappa shape index (κ1) is 25.1. The lowest BCUT2D eigenvalue weighted by Gasteiger charge is -2.31. The Hall–Kier alpha value is -4.00. The quantitative estimate of drug-likeness (QED) is 0.434. The lowest BCUT2D eigenvalue weighted by Crippen LogP contribution is -2.48. The highest BCUT2D eigenvalue weighted by Crippen LogP contribution is 2.32. The third-order valence-electron chi connectivity index (χ3n) is 5.38. The molecule has 1 saturated heterocycles. The first-order valence-electron chi connectivity index (χ1n) is 10.5. The normalized spacial score (nSPS) is 18.2. The molecule has 1 aliphatic rings. The van der Waals surface area contributed by atoms with Gasteiger partial charge in [-0.15, -0.1) is 0 Å². The molecule has 36 heavy (non-hydrogen) atoms. The zero-order valence-corrected chi connectivity index (χ0v) is 19.0. The fourth-order valence-electron chi connectivity index (χ4n) is 3.71. The summed E-state index contributed by atoms with van der Waals surface area (Å²) in [7, 11) is 0. The Morgan fingerprint density at radius 2 is 1.89 bits per heavy atom. The van der Waals surface area contributed by atoms with Gasteiger partial charge in [-0.1, -0.05) is 11.6 Å². The lowest BCUT2D eigenvalue weighted by atomic mass is 10.0. The van der Waals surface area contributed by atoms with Crippen LogP contribution in [0.1, 0.15) is 18.0 Å². The van der Waals surface area contributed by atoms with E-state index >= 15 is 0 Å². The van der Waals surface area contributed by atoms with Crippen LogP contribution in [0.5, 0.6) is 0 Å². The molecule has 1 fully saturated rings. The van der Waals surface area contributed by atoms with E-state index in [2.05, 4.69) is 25.6 Å². The van der Waals surface area contributed by atoms with Crippen LogP contribution in [0.3, 0.4) is 0 Å². The van der Waals surface area contributed by atoms with Gasteiger partial charge in [-0.2, -0.15) is 8.78 Å². The van der Waals surface area contributed by atoms with Crippen molar-refractivity contribution < 1.29 is 32.0 Å². The van der Waals surface area contributed by atoms with Gasteiger partial charge in [0, 0.05) is 42.2 Å². The molecule has 3 amide bonds. The zero-order chi connectivity index (χ0) is 25.9. The third-order valence-corrected chi connectivity index (χ3v) is 5.57. The van der Waals surface area contributed by atoms with E-state index < -0.39 is 47.8 Å². The van der Waals surface area contributed by atoms with Gasteiger partial charge in [0.05, 0.1) is 12.2 Å². The number of carbonyl (C=O) groups is 3. The Labute approximate surface area is 206 Å². The van der Waals surface area contributed by atoms with Crippen molar-refractivity contribution in [3.63, 3.8) is 0 Å². The number of benzene rings is 1. The molecule has 2 N–H and O–H groups in total. The monoisotopic (exact) mass is 522 g/mol. The van der Waals surface area contributed by atoms with Crippen molar-refractivity contribution in [1.82, 2.24) is 25.6 Å². The van der Waals surface area contributed by atoms with Gasteiger partial charge in [-0.3, -0.25) is 19.3 Å². The molecule has 2 aromatic heterocycles. The standard InChI is InChI=1S/C22H18ClF3N6O4/c23-18(24)20(34)32(15-3-1-12(2-4-15)16-9-29-11-36-16)17(13-6-27-10-28-7-13)19(33)30-8-14-5-22(25,26)21(35)31-14/h1-4,6-7,9-11,14,17-18H,5,8H2,(H,30,33)(H,31,35). The summed E-state index contributed by atoms with van der Waals surface area (Å²) in [6, 6.07) is 3.43. The number of anilines is 1. The topological polar surface area (TPSA) is 130 Å². The molecule has 10 nitrogen and oxygen atoms in total. The van der Waals surface area contributed by atoms with Crippen LogP contribution < -0.4 is 15.5 Å². The number of amides is 3. The van der Waals surface area contributed by atoms with Crippen LogP contribution in [0.2, 0.25) is 0 Å². The van der Waals surface area contributed by atoms with Gasteiger partial charge in [-0.05, 0) is 24.3 Å². The minimum atomic E-state index is -3.56. The van der Waals surface area contributed by atoms with E-state index in [1.807, 2.05) is 0 Å². The summed E-state index contributed by atoms with van der Waals surface area (Å²) in [5.74, 6) is -6.69. The number of hydrogen-bond acceptors (Lipinski definition) is 7. The molecule has 0 spiro atoms. The van der Waals surface area contributed by atoms with E-state index in [0.717, 1.165) is 4.90 Å². The molecule has 3 atom stereocenters. The van der Waals surface area contributed by atoms with E-state index in [4.69, 9.17) is 16.0 Å². The molecule has 188 valence electrons. The number of alkyl halides is 4. The van der Waals surface area contributed by atoms with Crippen molar-refractivity contribution in [2.45, 2.75) is 30.1 Å². The van der Waals surface area contributed by atoms with Crippen LogP contribution in [0, 0.1) is 0 Å². The number of rotatable bonds is 8. The summed E-state index contributed by atoms with van der Waals surface area (Å²) in [6.07, 6.45) is 5.56. The van der Waals surface area contributed by atoms with Gasteiger partial charge in [0.25, 0.3) is 17.4 Å². The maximum Gasteiger partial charge on any atom is 0.326 e. The second kappa shape index (κ2) is 10.3. The Balaban J connectivity index is 1.66. The molecule has 0 aliphatic carbocycles. The van der Waals surface area contributed by atoms with Gasteiger partial charge in [0.1, 0.15) is 12.4 Å². The molecule has 3 heterocycles. The SMILES string of the molecule is O=C(NCC1CC(F)(F)C(=O)N1)C(c1cncnc1)N(C(=O)C(F)Cl)c1ccc(-c2cnco2)cc1. The van der Waals surface area contributed by atoms with Crippen LogP contribution in [-0.2, 0) is 14.4 Å². The molecule has 0 bridgehead atoms. The molecule has 3 aromatic rings. The maximum absolute atomic E-state index is 14.1. The van der Waals surface area contributed by atoms with Crippen molar-refractivity contribution in [2.75, 3.05) is 11.4 Å². The largest absolute Gasteiger partial charge is 0.444 e. The molecule has 1 aromatic carbocycles. The predicted molar refractivity (Wildman–Crippen MR) is 119 cm³/mol. The number of carbonyl (C=O) groups excluding carboxylic acids is 3. The van der Waals surface area contributed by atoms with Crippen LogP contribution in [0.4, 0.5) is 18.9 Å². The molecular weight excluding hydrogens is 505 g/mol. The Morgan fingerprint density at radius 3 is 2.44 bits per heavy atom. The van der Waals surface area contributed by atoms with Gasteiger partial charge in [0.2, 0.25) is 5.91 Å². The van der Waals surface area contributed by atoms with Crippen LogP contribution in [0.25, 0.3) is 11.3 Å². The number of nitrogens with one attached hydrogen (secondary N) is 2. The Bertz CT molecular complexity index is 1230. The highest BCUT2D eigenvalue weighted by molar-refractivity contribution is 6.32. The molecule has 1 aliphatic heterocycles. The van der Waals surface area contributed by atoms with E-state index in [1.165, 1.54) is 43.4 Å². The van der Waals surface area contributed by atoms with Crippen molar-refractivity contribution in [3.05, 3.63) is 61.1 Å². The van der Waals surface area contributed by atoms with Gasteiger partial charge in [-0.25, -0.2) is 19.3 Å². The minimum absolute atomic E-state index is 0.0938. The third kappa shape index (κ3) is 5.30. The second-order valence-corrected chi connectivity index (χ2v) is 8.20. The van der Waals surface area contributed by atoms with Crippen molar-refractivity contribution in [1.29, 1.82) is 0 Å². The second-order valence-electron chi connectivity index (χ2n) is 7.82. The average Bonchev–Trinajstić information content (AvgIpc) is 3.49. The summed E-state index contributed by atoms with van der Waals surface area (Å²) >= 11 is 5.47. The lowest BCUT2D eigenvalue weighted by molar-refractivity contribution is -0.139. The number of nitrogens with zero attached hydrogens (tertiary/aromatic N) is 4. The predicted octanol–water partition coefficient (Wildman–Crippen LogP) is 2.38. The number of hydrogen-bond donors (Lipinski definition) is 2. The van der Waals surface area contributed by atoms with Crippen molar-refractivity contribution >= 4 is 35.0 Å². The van der Waals surface area contributed by atoms with Crippen molar-refractivity contribution in [2.24, 2.45) is 0 Å². The molecular formula is C22H18ClF3N6O4. The molecule has 0 saturated carbocycles. The Kier molecular flexibility index (Phi) is 7.20. The zero-order valence-electron chi connectivity index (χ0n) is 18.3.